The summed E-state index contributed by atoms with van der Waals surface area (Å²) in [6, 6.07) is 10.2. The third kappa shape index (κ3) is 4.33. The minimum absolute atomic E-state index is 0.128. The van der Waals surface area contributed by atoms with Crippen molar-refractivity contribution in [2.24, 2.45) is 5.41 Å². The van der Waals surface area contributed by atoms with Gasteiger partial charge in [0, 0.05) is 11.6 Å². The topological polar surface area (TPSA) is 58.2 Å². The highest BCUT2D eigenvalue weighted by atomic mass is 35.5. The van der Waals surface area contributed by atoms with E-state index in [0.29, 0.717) is 10.6 Å². The van der Waals surface area contributed by atoms with Crippen LogP contribution in [-0.2, 0) is 16.1 Å². The summed E-state index contributed by atoms with van der Waals surface area (Å²) in [6.07, 6.45) is 0. The van der Waals surface area contributed by atoms with Crippen LogP contribution in [0.15, 0.2) is 42.5 Å². The van der Waals surface area contributed by atoms with Gasteiger partial charge in [0.05, 0.1) is 0 Å². The number of anilines is 1. The molecule has 2 aromatic carbocycles. The van der Waals surface area contributed by atoms with Gasteiger partial charge in [0.1, 0.15) is 22.7 Å². The lowest BCUT2D eigenvalue weighted by atomic mass is 9.90. The SMILES string of the molecule is CC(C)(C(=O)NCc1ccccc1Cl)C(=O)Nc1c(F)cccc1F. The number of carbonyl (C=O) groups is 2. The molecule has 132 valence electrons. The molecule has 7 heteroatoms. The van der Waals surface area contributed by atoms with Crippen LogP contribution >= 0.6 is 11.6 Å². The number of rotatable bonds is 5. The predicted molar refractivity (Wildman–Crippen MR) is 92.1 cm³/mol. The van der Waals surface area contributed by atoms with Crippen molar-refractivity contribution in [3.63, 3.8) is 0 Å². The third-order valence-corrected chi connectivity index (χ3v) is 4.10. The van der Waals surface area contributed by atoms with Gasteiger partial charge in [-0.25, -0.2) is 8.78 Å². The van der Waals surface area contributed by atoms with Crippen LogP contribution in [0.25, 0.3) is 0 Å². The van der Waals surface area contributed by atoms with Crippen LogP contribution in [-0.4, -0.2) is 11.8 Å². The Hall–Kier alpha value is -2.47. The number of halogens is 3. The molecule has 0 aliphatic rings. The molecule has 0 bridgehead atoms. The fraction of sp³-hybridized carbons (Fsp3) is 0.222. The van der Waals surface area contributed by atoms with Gasteiger partial charge in [0.15, 0.2) is 0 Å². The normalized spacial score (nSPS) is 11.1. The maximum absolute atomic E-state index is 13.6. The van der Waals surface area contributed by atoms with E-state index < -0.39 is 34.6 Å². The van der Waals surface area contributed by atoms with E-state index in [0.717, 1.165) is 12.1 Å². The molecule has 4 nitrogen and oxygen atoms in total. The van der Waals surface area contributed by atoms with Crippen LogP contribution in [0.2, 0.25) is 5.02 Å². The molecular formula is C18H17ClF2N2O2. The molecule has 2 N–H and O–H groups in total. The molecule has 0 fully saturated rings. The first-order valence-electron chi connectivity index (χ1n) is 7.50. The zero-order chi connectivity index (χ0) is 18.6. The molecule has 0 aliphatic heterocycles. The smallest absolute Gasteiger partial charge is 0.239 e. The lowest BCUT2D eigenvalue weighted by Crippen LogP contribution is -2.45. The van der Waals surface area contributed by atoms with Crippen molar-refractivity contribution in [3.8, 4) is 0 Å². The van der Waals surface area contributed by atoms with E-state index in [1.54, 1.807) is 24.3 Å². The molecule has 2 aromatic rings. The van der Waals surface area contributed by atoms with Gasteiger partial charge in [-0.05, 0) is 37.6 Å². The fourth-order valence-corrected chi connectivity index (χ4v) is 2.23. The first-order chi connectivity index (χ1) is 11.7. The summed E-state index contributed by atoms with van der Waals surface area (Å²) >= 11 is 6.01. The van der Waals surface area contributed by atoms with Gasteiger partial charge < -0.3 is 10.6 Å². The molecule has 0 atom stereocenters. The van der Waals surface area contributed by atoms with E-state index in [1.807, 2.05) is 0 Å². The molecular weight excluding hydrogens is 350 g/mol. The highest BCUT2D eigenvalue weighted by Crippen LogP contribution is 2.23. The number of hydrogen-bond acceptors (Lipinski definition) is 2. The van der Waals surface area contributed by atoms with E-state index in [9.17, 15) is 18.4 Å². The number of nitrogens with one attached hydrogen (secondary N) is 2. The second kappa shape index (κ2) is 7.61. The standard InChI is InChI=1S/C18H17ClF2N2O2/c1-18(2,16(24)22-10-11-6-3-4-7-12(11)19)17(25)23-15-13(20)8-5-9-14(15)21/h3-9H,10H2,1-2H3,(H,22,24)(H,23,25). The van der Waals surface area contributed by atoms with Gasteiger partial charge >= 0.3 is 0 Å². The van der Waals surface area contributed by atoms with E-state index in [4.69, 9.17) is 11.6 Å². The van der Waals surface area contributed by atoms with Gasteiger partial charge in [-0.3, -0.25) is 9.59 Å². The second-order valence-corrected chi connectivity index (χ2v) is 6.36. The monoisotopic (exact) mass is 366 g/mol. The third-order valence-electron chi connectivity index (χ3n) is 3.73. The van der Waals surface area contributed by atoms with Crippen LogP contribution in [0.5, 0.6) is 0 Å². The summed E-state index contributed by atoms with van der Waals surface area (Å²) in [5.41, 5.74) is -1.44. The first-order valence-corrected chi connectivity index (χ1v) is 7.88. The van der Waals surface area contributed by atoms with Gasteiger partial charge in [-0.2, -0.15) is 0 Å². The van der Waals surface area contributed by atoms with Crippen molar-refractivity contribution < 1.29 is 18.4 Å². The van der Waals surface area contributed by atoms with Crippen molar-refractivity contribution >= 4 is 29.1 Å². The Balaban J connectivity index is 2.07. The molecule has 2 rings (SSSR count). The zero-order valence-corrected chi connectivity index (χ0v) is 14.5. The molecule has 0 radical (unpaired) electrons. The zero-order valence-electron chi connectivity index (χ0n) is 13.7. The van der Waals surface area contributed by atoms with E-state index in [1.165, 1.54) is 19.9 Å². The summed E-state index contributed by atoms with van der Waals surface area (Å²) in [7, 11) is 0. The van der Waals surface area contributed by atoms with Gasteiger partial charge in [-0.1, -0.05) is 35.9 Å². The quantitative estimate of drug-likeness (QED) is 0.788. The molecule has 0 saturated carbocycles. The number of hydrogen-bond donors (Lipinski definition) is 2. The Kier molecular flexibility index (Phi) is 5.74. The van der Waals surface area contributed by atoms with Gasteiger partial charge in [0.25, 0.3) is 0 Å². The highest BCUT2D eigenvalue weighted by molar-refractivity contribution is 6.31. The Labute approximate surface area is 149 Å². The minimum atomic E-state index is -1.55. The van der Waals surface area contributed by atoms with Crippen molar-refractivity contribution in [1.29, 1.82) is 0 Å². The Morgan fingerprint density at radius 1 is 1.00 bits per heavy atom. The van der Waals surface area contributed by atoms with Crippen molar-refractivity contribution in [1.82, 2.24) is 5.32 Å². The molecule has 25 heavy (non-hydrogen) atoms. The molecule has 0 aliphatic carbocycles. The lowest BCUT2D eigenvalue weighted by Gasteiger charge is -2.23. The van der Waals surface area contributed by atoms with E-state index >= 15 is 0 Å². The van der Waals surface area contributed by atoms with Crippen molar-refractivity contribution in [2.45, 2.75) is 20.4 Å². The Morgan fingerprint density at radius 2 is 1.60 bits per heavy atom. The second-order valence-electron chi connectivity index (χ2n) is 5.95. The summed E-state index contributed by atoms with van der Waals surface area (Å²) in [5.74, 6) is -3.25. The first kappa shape index (κ1) is 18.9. The maximum Gasteiger partial charge on any atom is 0.239 e. The number of benzene rings is 2. The van der Waals surface area contributed by atoms with Crippen LogP contribution in [0.3, 0.4) is 0 Å². The van der Waals surface area contributed by atoms with Crippen LogP contribution < -0.4 is 10.6 Å². The van der Waals surface area contributed by atoms with Crippen molar-refractivity contribution in [3.05, 3.63) is 64.7 Å². The van der Waals surface area contributed by atoms with Crippen molar-refractivity contribution in [2.75, 3.05) is 5.32 Å². The number of carbonyl (C=O) groups excluding carboxylic acids is 2. The molecule has 0 unspecified atom stereocenters. The van der Waals surface area contributed by atoms with E-state index in [-0.39, 0.29) is 6.54 Å². The highest BCUT2D eigenvalue weighted by Gasteiger charge is 2.36. The Bertz CT molecular complexity index is 789. The summed E-state index contributed by atoms with van der Waals surface area (Å²) < 4.78 is 27.3. The van der Waals surface area contributed by atoms with Gasteiger partial charge in [-0.15, -0.1) is 0 Å². The predicted octanol–water partition coefficient (Wildman–Crippen LogP) is 3.90. The summed E-state index contributed by atoms with van der Waals surface area (Å²) in [5, 5.41) is 5.22. The molecule has 0 spiro atoms. The summed E-state index contributed by atoms with van der Waals surface area (Å²) in [6.45, 7) is 2.86. The van der Waals surface area contributed by atoms with Crippen LogP contribution in [0.1, 0.15) is 19.4 Å². The minimum Gasteiger partial charge on any atom is -0.351 e. The fourth-order valence-electron chi connectivity index (χ4n) is 2.03. The maximum atomic E-state index is 13.6. The average Bonchev–Trinajstić information content (AvgIpc) is 2.57. The van der Waals surface area contributed by atoms with Gasteiger partial charge in [0.2, 0.25) is 11.8 Å². The Morgan fingerprint density at radius 3 is 2.20 bits per heavy atom. The largest absolute Gasteiger partial charge is 0.351 e. The van der Waals surface area contributed by atoms with E-state index in [2.05, 4.69) is 10.6 Å². The lowest BCUT2D eigenvalue weighted by molar-refractivity contribution is -0.138. The average molecular weight is 367 g/mol. The van der Waals surface area contributed by atoms with Crippen LogP contribution in [0.4, 0.5) is 14.5 Å². The molecule has 0 heterocycles. The molecule has 0 aromatic heterocycles. The summed E-state index contributed by atoms with van der Waals surface area (Å²) in [4.78, 5) is 24.7. The molecule has 0 saturated heterocycles. The molecule has 2 amide bonds. The van der Waals surface area contributed by atoms with Crippen LogP contribution in [0, 0.1) is 17.0 Å². The number of para-hydroxylation sites is 1. The number of amides is 2.